The Kier molecular flexibility index (Phi) is 6.84. The van der Waals surface area contributed by atoms with Crippen LogP contribution in [0.3, 0.4) is 0 Å². The van der Waals surface area contributed by atoms with Gasteiger partial charge in [0.1, 0.15) is 5.69 Å². The monoisotopic (exact) mass is 454 g/mol. The van der Waals surface area contributed by atoms with Crippen molar-refractivity contribution in [3.8, 4) is 0 Å². The first-order valence-corrected chi connectivity index (χ1v) is 11.6. The van der Waals surface area contributed by atoms with Gasteiger partial charge in [0.2, 0.25) is 0 Å². The van der Waals surface area contributed by atoms with Crippen LogP contribution in [0.2, 0.25) is 0 Å². The van der Waals surface area contributed by atoms with Crippen LogP contribution in [0, 0.1) is 0 Å². The van der Waals surface area contributed by atoms with E-state index in [9.17, 15) is 22.8 Å². The van der Waals surface area contributed by atoms with Gasteiger partial charge in [0, 0.05) is 30.5 Å². The number of rotatable bonds is 8. The van der Waals surface area contributed by atoms with Crippen LogP contribution in [0.1, 0.15) is 43.8 Å². The second-order valence-corrected chi connectivity index (χ2v) is 8.99. The third-order valence-corrected chi connectivity index (χ3v) is 5.74. The fraction of sp³-hybridized carbons (Fsp3) is 0.182. The summed E-state index contributed by atoms with van der Waals surface area (Å²) in [6, 6.07) is 12.6. The molecule has 10 heteroatoms. The summed E-state index contributed by atoms with van der Waals surface area (Å²) < 4.78 is 23.9. The summed E-state index contributed by atoms with van der Waals surface area (Å²) in [6.07, 6.45) is 2.33. The van der Waals surface area contributed by atoms with E-state index in [4.69, 9.17) is 0 Å². The highest BCUT2D eigenvalue weighted by Gasteiger charge is 2.21. The summed E-state index contributed by atoms with van der Waals surface area (Å²) in [4.78, 5) is 43.7. The molecule has 1 heterocycles. The van der Waals surface area contributed by atoms with Gasteiger partial charge in [-0.3, -0.25) is 14.4 Å². The molecule has 9 nitrogen and oxygen atoms in total. The Morgan fingerprint density at radius 2 is 1.69 bits per heavy atom. The maximum Gasteiger partial charge on any atom is 0.276 e. The van der Waals surface area contributed by atoms with Gasteiger partial charge in [-0.25, -0.2) is 13.4 Å². The summed E-state index contributed by atoms with van der Waals surface area (Å²) in [5.41, 5.74) is 1.28. The number of ketones is 1. The minimum absolute atomic E-state index is 0.00145. The molecule has 1 aromatic heterocycles. The van der Waals surface area contributed by atoms with Crippen LogP contribution < -0.4 is 10.6 Å². The Morgan fingerprint density at radius 1 is 1.00 bits per heavy atom. The number of Topliss-reactive ketones (excluding diaryl/α,β-unsaturated/α-hetero) is 1. The van der Waals surface area contributed by atoms with Crippen LogP contribution in [0.4, 0.5) is 5.69 Å². The highest BCUT2D eigenvalue weighted by Crippen LogP contribution is 2.19. The summed E-state index contributed by atoms with van der Waals surface area (Å²) in [6.45, 7) is 2.17. The SMILES string of the molecule is CCNC(=O)c1[nH]cnc1C(=O)Nc1ccc(CC(=O)c2ccccc2S(C)(=O)=O)cc1. The van der Waals surface area contributed by atoms with Crippen LogP contribution in [0.25, 0.3) is 0 Å². The van der Waals surface area contributed by atoms with E-state index in [0.29, 0.717) is 17.8 Å². The minimum Gasteiger partial charge on any atom is -0.351 e. The molecule has 0 unspecified atom stereocenters. The van der Waals surface area contributed by atoms with Crippen molar-refractivity contribution in [3.05, 3.63) is 77.4 Å². The molecule has 0 aliphatic heterocycles. The van der Waals surface area contributed by atoms with Crippen LogP contribution in [-0.4, -0.2) is 48.8 Å². The Hall–Kier alpha value is -3.79. The largest absolute Gasteiger partial charge is 0.351 e. The van der Waals surface area contributed by atoms with Crippen molar-refractivity contribution in [1.82, 2.24) is 15.3 Å². The summed E-state index contributed by atoms with van der Waals surface area (Å²) >= 11 is 0. The molecule has 3 aromatic rings. The molecule has 166 valence electrons. The number of hydrogen-bond donors (Lipinski definition) is 3. The third-order valence-electron chi connectivity index (χ3n) is 4.58. The Labute approximate surface area is 185 Å². The summed E-state index contributed by atoms with van der Waals surface area (Å²) in [7, 11) is -3.53. The lowest BCUT2D eigenvalue weighted by Gasteiger charge is -2.08. The number of hydrogen-bond acceptors (Lipinski definition) is 6. The number of aromatic nitrogens is 2. The Morgan fingerprint density at radius 3 is 2.34 bits per heavy atom. The van der Waals surface area contributed by atoms with E-state index in [1.54, 1.807) is 43.3 Å². The predicted molar refractivity (Wildman–Crippen MR) is 119 cm³/mol. The number of imidazole rings is 1. The van der Waals surface area contributed by atoms with Gasteiger partial charge < -0.3 is 15.6 Å². The number of benzene rings is 2. The highest BCUT2D eigenvalue weighted by atomic mass is 32.2. The number of nitrogens with zero attached hydrogens (tertiary/aromatic N) is 1. The highest BCUT2D eigenvalue weighted by molar-refractivity contribution is 7.90. The molecule has 0 saturated carbocycles. The smallest absolute Gasteiger partial charge is 0.276 e. The lowest BCUT2D eigenvalue weighted by atomic mass is 10.0. The van der Waals surface area contributed by atoms with Gasteiger partial charge in [0.25, 0.3) is 11.8 Å². The summed E-state index contributed by atoms with van der Waals surface area (Å²) in [5, 5.41) is 5.26. The summed E-state index contributed by atoms with van der Waals surface area (Å²) in [5.74, 6) is -1.32. The molecule has 3 N–H and O–H groups in total. The molecule has 3 rings (SSSR count). The molecular formula is C22H22N4O5S. The Balaban J connectivity index is 1.71. The van der Waals surface area contributed by atoms with Gasteiger partial charge in [-0.05, 0) is 30.7 Å². The third kappa shape index (κ3) is 5.27. The second kappa shape index (κ2) is 9.56. The van der Waals surface area contributed by atoms with E-state index >= 15 is 0 Å². The number of aromatic amines is 1. The zero-order valence-electron chi connectivity index (χ0n) is 17.5. The first-order chi connectivity index (χ1) is 15.2. The topological polar surface area (TPSA) is 138 Å². The lowest BCUT2D eigenvalue weighted by Crippen LogP contribution is -2.26. The van der Waals surface area contributed by atoms with Crippen LogP contribution >= 0.6 is 0 Å². The second-order valence-electron chi connectivity index (χ2n) is 7.00. The van der Waals surface area contributed by atoms with Crippen LogP contribution in [0.5, 0.6) is 0 Å². The molecule has 0 bridgehead atoms. The van der Waals surface area contributed by atoms with Crippen molar-refractivity contribution < 1.29 is 22.8 Å². The van der Waals surface area contributed by atoms with Crippen molar-refractivity contribution >= 4 is 33.1 Å². The molecule has 0 fully saturated rings. The predicted octanol–water partition coefficient (Wildman–Crippen LogP) is 2.24. The van der Waals surface area contributed by atoms with Gasteiger partial charge in [0.05, 0.1) is 11.2 Å². The molecule has 0 aliphatic carbocycles. The van der Waals surface area contributed by atoms with E-state index in [1.165, 1.54) is 18.5 Å². The quantitative estimate of drug-likeness (QED) is 0.446. The maximum absolute atomic E-state index is 12.7. The van der Waals surface area contributed by atoms with Crippen molar-refractivity contribution in [2.45, 2.75) is 18.2 Å². The average molecular weight is 455 g/mol. The number of amides is 2. The van der Waals surface area contributed by atoms with Gasteiger partial charge in [-0.15, -0.1) is 0 Å². The fourth-order valence-electron chi connectivity index (χ4n) is 3.09. The molecule has 0 spiro atoms. The minimum atomic E-state index is -3.53. The van der Waals surface area contributed by atoms with Crippen molar-refractivity contribution in [3.63, 3.8) is 0 Å². The molecule has 2 amide bonds. The van der Waals surface area contributed by atoms with Crippen LogP contribution in [-0.2, 0) is 16.3 Å². The van der Waals surface area contributed by atoms with Gasteiger partial charge in [-0.1, -0.05) is 30.3 Å². The molecule has 0 saturated heterocycles. The number of anilines is 1. The zero-order chi connectivity index (χ0) is 23.3. The standard InChI is InChI=1S/C22H22N4O5S/c1-3-23-21(28)19-20(25-13-24-19)22(29)26-15-10-8-14(9-11-15)12-17(27)16-6-4-5-7-18(16)32(2,30)31/h4-11,13H,3,12H2,1-2H3,(H,23,28)(H,24,25)(H,26,29). The zero-order valence-corrected chi connectivity index (χ0v) is 18.3. The van der Waals surface area contributed by atoms with Crippen molar-refractivity contribution in [2.24, 2.45) is 0 Å². The van der Waals surface area contributed by atoms with E-state index in [1.807, 2.05) is 0 Å². The van der Waals surface area contributed by atoms with E-state index in [0.717, 1.165) is 6.26 Å². The molecule has 0 aliphatic rings. The number of H-pyrrole nitrogens is 1. The van der Waals surface area contributed by atoms with Crippen LogP contribution in [0.15, 0.2) is 59.8 Å². The lowest BCUT2D eigenvalue weighted by molar-refractivity contribution is 0.0937. The van der Waals surface area contributed by atoms with Crippen molar-refractivity contribution in [1.29, 1.82) is 0 Å². The van der Waals surface area contributed by atoms with E-state index in [-0.39, 0.29) is 34.1 Å². The van der Waals surface area contributed by atoms with Gasteiger partial charge in [-0.2, -0.15) is 0 Å². The molecule has 32 heavy (non-hydrogen) atoms. The number of carbonyl (C=O) groups is 3. The first-order valence-electron chi connectivity index (χ1n) is 9.75. The fourth-order valence-corrected chi connectivity index (χ4v) is 3.99. The van der Waals surface area contributed by atoms with Gasteiger partial charge >= 0.3 is 0 Å². The average Bonchev–Trinajstić information content (AvgIpc) is 3.25. The molecular weight excluding hydrogens is 432 g/mol. The van der Waals surface area contributed by atoms with E-state index < -0.39 is 21.7 Å². The van der Waals surface area contributed by atoms with Crippen molar-refractivity contribution in [2.75, 3.05) is 18.1 Å². The maximum atomic E-state index is 12.7. The molecule has 2 aromatic carbocycles. The number of carbonyl (C=O) groups excluding carboxylic acids is 3. The molecule has 0 radical (unpaired) electrons. The first kappa shape index (κ1) is 22.9. The van der Waals surface area contributed by atoms with E-state index in [2.05, 4.69) is 20.6 Å². The normalized spacial score (nSPS) is 11.1. The number of nitrogens with one attached hydrogen (secondary N) is 3. The molecule has 0 atom stereocenters. The van der Waals surface area contributed by atoms with Gasteiger partial charge in [0.15, 0.2) is 21.3 Å². The Bertz CT molecular complexity index is 1260. The number of sulfone groups is 1.